The molecule has 0 aliphatic carbocycles. The average Bonchev–Trinajstić information content (AvgIpc) is 2.35. The molecule has 0 atom stereocenters. The molecule has 0 saturated carbocycles. The summed E-state index contributed by atoms with van der Waals surface area (Å²) in [5.74, 6) is 0.975. The number of ether oxygens (including phenoxy) is 2. The number of hydrogen-bond donors (Lipinski definition) is 2. The summed E-state index contributed by atoms with van der Waals surface area (Å²) in [6.45, 7) is 1.74. The van der Waals surface area contributed by atoms with Crippen molar-refractivity contribution in [2.24, 2.45) is 21.7 Å². The molecule has 7 heteroatoms. The first-order chi connectivity index (χ1) is 8.49. The minimum absolute atomic E-state index is 0.118. The van der Waals surface area contributed by atoms with Crippen molar-refractivity contribution < 1.29 is 9.47 Å². The molecule has 0 aliphatic rings. The number of nitrogens with two attached hydrogens (primary N) is 2. The molecule has 0 unspecified atom stereocenters. The van der Waals surface area contributed by atoms with Crippen molar-refractivity contribution in [3.63, 3.8) is 0 Å². The summed E-state index contributed by atoms with van der Waals surface area (Å²) in [6, 6.07) is 3.35. The van der Waals surface area contributed by atoms with Gasteiger partial charge in [-0.2, -0.15) is 5.10 Å². The number of methoxy groups -OCH3 is 2. The summed E-state index contributed by atoms with van der Waals surface area (Å²) in [7, 11) is 3.07. The summed E-state index contributed by atoms with van der Waals surface area (Å²) in [4.78, 5) is 0. The van der Waals surface area contributed by atoms with Crippen LogP contribution in [0.15, 0.2) is 22.3 Å². The lowest BCUT2D eigenvalue weighted by Gasteiger charge is -2.11. The van der Waals surface area contributed by atoms with Crippen LogP contribution in [0.1, 0.15) is 12.5 Å². The van der Waals surface area contributed by atoms with Crippen LogP contribution in [0.3, 0.4) is 0 Å². The second-order valence-corrected chi connectivity index (χ2v) is 3.80. The monoisotopic (exact) mass is 270 g/mol. The van der Waals surface area contributed by atoms with Gasteiger partial charge in [-0.1, -0.05) is 11.6 Å². The van der Waals surface area contributed by atoms with E-state index in [0.717, 1.165) is 0 Å². The maximum atomic E-state index is 6.04. The lowest BCUT2D eigenvalue weighted by atomic mass is 10.1. The Labute approximate surface area is 110 Å². The summed E-state index contributed by atoms with van der Waals surface area (Å²) in [6.07, 6.45) is 0. The number of hydrogen-bond acceptors (Lipinski definition) is 4. The van der Waals surface area contributed by atoms with Crippen LogP contribution >= 0.6 is 11.6 Å². The molecule has 0 radical (unpaired) electrons. The van der Waals surface area contributed by atoms with E-state index in [9.17, 15) is 0 Å². The van der Waals surface area contributed by atoms with E-state index in [1.165, 1.54) is 7.11 Å². The zero-order valence-electron chi connectivity index (χ0n) is 10.4. The molecular formula is C11H15ClN4O2. The fourth-order valence-corrected chi connectivity index (χ4v) is 1.57. The molecule has 0 spiro atoms. The zero-order chi connectivity index (χ0) is 13.7. The third-order valence-corrected chi connectivity index (χ3v) is 2.47. The van der Waals surface area contributed by atoms with E-state index in [1.54, 1.807) is 26.2 Å². The first-order valence-corrected chi connectivity index (χ1v) is 5.42. The van der Waals surface area contributed by atoms with Gasteiger partial charge in [-0.25, -0.2) is 0 Å². The van der Waals surface area contributed by atoms with E-state index in [1.807, 2.05) is 0 Å². The Morgan fingerprint density at radius 3 is 2.22 bits per heavy atom. The van der Waals surface area contributed by atoms with Gasteiger partial charge in [0.05, 0.1) is 25.0 Å². The predicted octanol–water partition coefficient (Wildman–Crippen LogP) is 1.35. The van der Waals surface area contributed by atoms with Crippen molar-refractivity contribution in [2.45, 2.75) is 6.92 Å². The first kappa shape index (κ1) is 14.1. The van der Waals surface area contributed by atoms with Crippen LogP contribution in [0.5, 0.6) is 11.5 Å². The van der Waals surface area contributed by atoms with Crippen LogP contribution in [0.25, 0.3) is 0 Å². The normalized spacial score (nSPS) is 11.0. The third-order valence-electron chi connectivity index (χ3n) is 2.18. The Balaban J connectivity index is 3.27. The summed E-state index contributed by atoms with van der Waals surface area (Å²) >= 11 is 6.04. The van der Waals surface area contributed by atoms with Gasteiger partial charge in [-0.15, -0.1) is 5.10 Å². The molecule has 18 heavy (non-hydrogen) atoms. The fourth-order valence-electron chi connectivity index (χ4n) is 1.33. The maximum Gasteiger partial charge on any atom is 0.211 e. The number of rotatable bonds is 4. The van der Waals surface area contributed by atoms with Gasteiger partial charge in [0, 0.05) is 11.6 Å². The molecule has 4 N–H and O–H groups in total. The maximum absolute atomic E-state index is 6.04. The topological polar surface area (TPSA) is 95.2 Å². The average molecular weight is 271 g/mol. The van der Waals surface area contributed by atoms with E-state index in [-0.39, 0.29) is 5.96 Å². The molecule has 98 valence electrons. The quantitative estimate of drug-likeness (QED) is 0.490. The highest BCUT2D eigenvalue weighted by molar-refractivity contribution is 6.32. The smallest absolute Gasteiger partial charge is 0.211 e. The van der Waals surface area contributed by atoms with Crippen molar-refractivity contribution in [1.29, 1.82) is 0 Å². The molecule has 1 aromatic rings. The van der Waals surface area contributed by atoms with Gasteiger partial charge >= 0.3 is 0 Å². The van der Waals surface area contributed by atoms with E-state index in [4.69, 9.17) is 32.5 Å². The lowest BCUT2D eigenvalue weighted by molar-refractivity contribution is 0.394. The van der Waals surface area contributed by atoms with Crippen molar-refractivity contribution in [1.82, 2.24) is 0 Å². The number of halogens is 1. The van der Waals surface area contributed by atoms with Crippen LogP contribution in [0, 0.1) is 0 Å². The highest BCUT2D eigenvalue weighted by Crippen LogP contribution is 2.32. The largest absolute Gasteiger partial charge is 0.496 e. The van der Waals surface area contributed by atoms with Crippen LogP contribution in [0.4, 0.5) is 0 Å². The van der Waals surface area contributed by atoms with Crippen LogP contribution in [-0.4, -0.2) is 25.9 Å². The van der Waals surface area contributed by atoms with Crippen LogP contribution < -0.4 is 20.9 Å². The molecule has 6 nitrogen and oxygen atoms in total. The SMILES string of the molecule is COc1cc(OC)c(/C(C)=N\N=C(N)N)cc1Cl. The Bertz CT molecular complexity index is 496. The standard InChI is InChI=1S/C11H15ClN4O2/c1-6(15-16-11(13)14)7-4-8(12)10(18-3)5-9(7)17-2/h4-5H,1-3H3,(H4,13,14,16)/b15-6-. The Morgan fingerprint density at radius 1 is 1.11 bits per heavy atom. The van der Waals surface area contributed by atoms with Crippen LogP contribution in [-0.2, 0) is 0 Å². The third kappa shape index (κ3) is 3.27. The van der Waals surface area contributed by atoms with Gasteiger partial charge in [-0.3, -0.25) is 0 Å². The summed E-state index contributed by atoms with van der Waals surface area (Å²) in [5.41, 5.74) is 11.7. The van der Waals surface area contributed by atoms with E-state index < -0.39 is 0 Å². The molecule has 0 fully saturated rings. The van der Waals surface area contributed by atoms with Gasteiger partial charge in [0.1, 0.15) is 11.5 Å². The molecule has 0 amide bonds. The molecule has 1 rings (SSSR count). The number of benzene rings is 1. The van der Waals surface area contributed by atoms with Gasteiger partial charge in [0.25, 0.3) is 0 Å². The highest BCUT2D eigenvalue weighted by Gasteiger charge is 2.12. The van der Waals surface area contributed by atoms with Gasteiger partial charge in [0.15, 0.2) is 0 Å². The lowest BCUT2D eigenvalue weighted by Crippen LogP contribution is -2.22. The summed E-state index contributed by atoms with van der Waals surface area (Å²) < 4.78 is 10.3. The number of guanidine groups is 1. The zero-order valence-corrected chi connectivity index (χ0v) is 11.2. The predicted molar refractivity (Wildman–Crippen MR) is 72.6 cm³/mol. The second-order valence-electron chi connectivity index (χ2n) is 3.40. The molecule has 1 aromatic carbocycles. The minimum Gasteiger partial charge on any atom is -0.496 e. The highest BCUT2D eigenvalue weighted by atomic mass is 35.5. The van der Waals surface area contributed by atoms with Crippen molar-refractivity contribution in [3.05, 3.63) is 22.7 Å². The van der Waals surface area contributed by atoms with Crippen molar-refractivity contribution >= 4 is 23.3 Å². The van der Waals surface area contributed by atoms with Crippen molar-refractivity contribution in [2.75, 3.05) is 14.2 Å². The van der Waals surface area contributed by atoms with Gasteiger partial charge < -0.3 is 20.9 Å². The second kappa shape index (κ2) is 6.11. The summed E-state index contributed by atoms with van der Waals surface area (Å²) in [5, 5.41) is 7.90. The van der Waals surface area contributed by atoms with E-state index >= 15 is 0 Å². The number of nitrogens with zero attached hydrogens (tertiary/aromatic N) is 2. The molecule has 0 bridgehead atoms. The minimum atomic E-state index is -0.118. The van der Waals surface area contributed by atoms with Crippen LogP contribution in [0.2, 0.25) is 5.02 Å². The van der Waals surface area contributed by atoms with Crippen molar-refractivity contribution in [3.8, 4) is 11.5 Å². The molecule has 0 aliphatic heterocycles. The Morgan fingerprint density at radius 2 is 1.72 bits per heavy atom. The van der Waals surface area contributed by atoms with Gasteiger partial charge in [-0.05, 0) is 13.0 Å². The van der Waals surface area contributed by atoms with E-state index in [0.29, 0.717) is 27.8 Å². The van der Waals surface area contributed by atoms with Gasteiger partial charge in [0.2, 0.25) is 5.96 Å². The van der Waals surface area contributed by atoms with E-state index in [2.05, 4.69) is 10.2 Å². The Kier molecular flexibility index (Phi) is 4.79. The Hall–Kier alpha value is -1.95. The molecular weight excluding hydrogens is 256 g/mol. The molecule has 0 aromatic heterocycles. The fraction of sp³-hybridized carbons (Fsp3) is 0.273. The molecule has 0 heterocycles. The first-order valence-electron chi connectivity index (χ1n) is 5.04. The molecule has 0 saturated heterocycles.